The summed E-state index contributed by atoms with van der Waals surface area (Å²) in [6.07, 6.45) is 0. The Hall–Kier alpha value is -2.04. The highest BCUT2D eigenvalue weighted by molar-refractivity contribution is 5.97. The maximum absolute atomic E-state index is 12.1. The van der Waals surface area contributed by atoms with E-state index >= 15 is 0 Å². The lowest BCUT2D eigenvalue weighted by atomic mass is 9.86. The number of aryl methyl sites for hydroxylation is 1. The predicted octanol–water partition coefficient (Wildman–Crippen LogP) is 1.81. The molecule has 0 aliphatic heterocycles. The van der Waals surface area contributed by atoms with Crippen molar-refractivity contribution in [3.8, 4) is 0 Å². The topological polar surface area (TPSA) is 92.4 Å². The lowest BCUT2D eigenvalue weighted by molar-refractivity contribution is -0.142. The maximum atomic E-state index is 12.1. The molecule has 5 heteroatoms. The van der Waals surface area contributed by atoms with E-state index in [0.29, 0.717) is 11.3 Å². The molecule has 0 aromatic heterocycles. The summed E-state index contributed by atoms with van der Waals surface area (Å²) in [5.41, 5.74) is 6.91. The Bertz CT molecular complexity index is 504. The van der Waals surface area contributed by atoms with Crippen molar-refractivity contribution in [2.45, 2.75) is 33.7 Å². The number of hydrogen-bond acceptors (Lipinski definition) is 3. The van der Waals surface area contributed by atoms with Gasteiger partial charge in [0.1, 0.15) is 6.04 Å². The summed E-state index contributed by atoms with van der Waals surface area (Å²) in [6.45, 7) is 7.09. The number of nitrogens with two attached hydrogens (primary N) is 1. The number of hydrogen-bond donors (Lipinski definition) is 3. The van der Waals surface area contributed by atoms with Gasteiger partial charge in [0.05, 0.1) is 0 Å². The normalized spacial score (nSPS) is 12.8. The zero-order valence-electron chi connectivity index (χ0n) is 11.7. The van der Waals surface area contributed by atoms with Crippen molar-refractivity contribution in [2.24, 2.45) is 5.41 Å². The number of nitrogens with one attached hydrogen (secondary N) is 1. The zero-order chi connectivity index (χ0) is 14.8. The number of amides is 1. The molecule has 0 fully saturated rings. The number of carbonyl (C=O) groups is 2. The summed E-state index contributed by atoms with van der Waals surface area (Å²) in [7, 11) is 0. The standard InChI is InChI=1S/C14H20N2O3/c1-8-7-9(5-6-10(8)15)12(17)16-11(13(18)19)14(2,3)4/h5-7,11H,15H2,1-4H3,(H,16,17)(H,18,19). The van der Waals surface area contributed by atoms with Gasteiger partial charge in [0, 0.05) is 11.3 Å². The molecule has 0 aliphatic carbocycles. The van der Waals surface area contributed by atoms with Crippen LogP contribution < -0.4 is 11.1 Å². The molecule has 1 amide bonds. The summed E-state index contributed by atoms with van der Waals surface area (Å²) in [4.78, 5) is 23.3. The molecule has 1 aromatic carbocycles. The van der Waals surface area contributed by atoms with E-state index in [0.717, 1.165) is 5.56 Å². The molecule has 0 spiro atoms. The quantitative estimate of drug-likeness (QED) is 0.726. The average Bonchev–Trinajstić information content (AvgIpc) is 2.27. The molecule has 19 heavy (non-hydrogen) atoms. The van der Waals surface area contributed by atoms with E-state index in [-0.39, 0.29) is 0 Å². The highest BCUT2D eigenvalue weighted by Crippen LogP contribution is 2.20. The first kappa shape index (κ1) is 15.0. The van der Waals surface area contributed by atoms with Crippen molar-refractivity contribution in [1.29, 1.82) is 0 Å². The van der Waals surface area contributed by atoms with Gasteiger partial charge in [-0.2, -0.15) is 0 Å². The predicted molar refractivity (Wildman–Crippen MR) is 73.9 cm³/mol. The minimum atomic E-state index is -1.05. The number of rotatable bonds is 3. The third kappa shape index (κ3) is 3.71. The van der Waals surface area contributed by atoms with Crippen LogP contribution >= 0.6 is 0 Å². The number of carbonyl (C=O) groups excluding carboxylic acids is 1. The van der Waals surface area contributed by atoms with Gasteiger partial charge in [0.25, 0.3) is 5.91 Å². The zero-order valence-corrected chi connectivity index (χ0v) is 11.7. The van der Waals surface area contributed by atoms with Gasteiger partial charge in [0.2, 0.25) is 0 Å². The van der Waals surface area contributed by atoms with Crippen LogP contribution in [0, 0.1) is 12.3 Å². The van der Waals surface area contributed by atoms with Crippen LogP contribution in [-0.4, -0.2) is 23.0 Å². The molecule has 1 unspecified atom stereocenters. The summed E-state index contributed by atoms with van der Waals surface area (Å²) in [5, 5.41) is 11.7. The van der Waals surface area contributed by atoms with Crippen molar-refractivity contribution >= 4 is 17.6 Å². The molecule has 0 aliphatic rings. The van der Waals surface area contributed by atoms with Crippen LogP contribution in [0.4, 0.5) is 5.69 Å². The smallest absolute Gasteiger partial charge is 0.326 e. The summed E-state index contributed by atoms with van der Waals surface area (Å²) >= 11 is 0. The first-order valence-corrected chi connectivity index (χ1v) is 6.02. The number of nitrogen functional groups attached to an aromatic ring is 1. The number of benzene rings is 1. The van der Waals surface area contributed by atoms with Gasteiger partial charge in [-0.25, -0.2) is 4.79 Å². The Morgan fingerprint density at radius 3 is 2.32 bits per heavy atom. The van der Waals surface area contributed by atoms with Crippen LogP contribution in [0.25, 0.3) is 0 Å². The second kappa shape index (κ2) is 5.30. The third-order valence-electron chi connectivity index (χ3n) is 2.92. The molecule has 4 N–H and O–H groups in total. The van der Waals surface area contributed by atoms with E-state index in [1.807, 2.05) is 0 Å². The summed E-state index contributed by atoms with van der Waals surface area (Å²) in [6, 6.07) is 3.92. The first-order chi connectivity index (χ1) is 8.62. The highest BCUT2D eigenvalue weighted by atomic mass is 16.4. The van der Waals surface area contributed by atoms with E-state index in [1.165, 1.54) is 0 Å². The monoisotopic (exact) mass is 264 g/mol. The van der Waals surface area contributed by atoms with E-state index in [4.69, 9.17) is 10.8 Å². The fourth-order valence-electron chi connectivity index (χ4n) is 1.68. The Labute approximate surface area is 112 Å². The second-order valence-corrected chi connectivity index (χ2v) is 5.68. The van der Waals surface area contributed by atoms with Crippen LogP contribution in [0.3, 0.4) is 0 Å². The van der Waals surface area contributed by atoms with E-state index in [9.17, 15) is 9.59 Å². The number of aliphatic carboxylic acids is 1. The molecule has 104 valence electrons. The molecule has 0 bridgehead atoms. The molecule has 1 aromatic rings. The Kier molecular flexibility index (Phi) is 4.19. The van der Waals surface area contributed by atoms with Crippen molar-refractivity contribution in [3.05, 3.63) is 29.3 Å². The molecule has 0 heterocycles. The van der Waals surface area contributed by atoms with E-state index in [2.05, 4.69) is 5.32 Å². The Balaban J connectivity index is 2.94. The number of carboxylic acids is 1. The van der Waals surface area contributed by atoms with Gasteiger partial charge in [-0.1, -0.05) is 20.8 Å². The van der Waals surface area contributed by atoms with Crippen LogP contribution in [0.1, 0.15) is 36.7 Å². The second-order valence-electron chi connectivity index (χ2n) is 5.68. The highest BCUT2D eigenvalue weighted by Gasteiger charge is 2.32. The molecule has 1 atom stereocenters. The Morgan fingerprint density at radius 2 is 1.89 bits per heavy atom. The van der Waals surface area contributed by atoms with Gasteiger partial charge in [-0.05, 0) is 36.1 Å². The molecular formula is C14H20N2O3. The lowest BCUT2D eigenvalue weighted by Gasteiger charge is -2.27. The fourth-order valence-corrected chi connectivity index (χ4v) is 1.68. The lowest BCUT2D eigenvalue weighted by Crippen LogP contribution is -2.49. The average molecular weight is 264 g/mol. The van der Waals surface area contributed by atoms with Crippen LogP contribution in [0.5, 0.6) is 0 Å². The van der Waals surface area contributed by atoms with E-state index < -0.39 is 23.3 Å². The largest absolute Gasteiger partial charge is 0.480 e. The van der Waals surface area contributed by atoms with Gasteiger partial charge < -0.3 is 16.2 Å². The molecule has 0 saturated carbocycles. The number of carboxylic acid groups (broad SMARTS) is 1. The first-order valence-electron chi connectivity index (χ1n) is 6.02. The van der Waals surface area contributed by atoms with Crippen LogP contribution in [0.2, 0.25) is 0 Å². The van der Waals surface area contributed by atoms with Crippen molar-refractivity contribution < 1.29 is 14.7 Å². The van der Waals surface area contributed by atoms with Gasteiger partial charge >= 0.3 is 5.97 Å². The van der Waals surface area contributed by atoms with Crippen LogP contribution in [0.15, 0.2) is 18.2 Å². The Morgan fingerprint density at radius 1 is 1.32 bits per heavy atom. The molecular weight excluding hydrogens is 244 g/mol. The minimum absolute atomic E-state index is 0.405. The van der Waals surface area contributed by atoms with Gasteiger partial charge in [-0.3, -0.25) is 4.79 Å². The maximum Gasteiger partial charge on any atom is 0.326 e. The summed E-state index contributed by atoms with van der Waals surface area (Å²) < 4.78 is 0. The van der Waals surface area contributed by atoms with Crippen LogP contribution in [-0.2, 0) is 4.79 Å². The molecule has 0 radical (unpaired) electrons. The molecule has 0 saturated heterocycles. The van der Waals surface area contributed by atoms with Gasteiger partial charge in [-0.15, -0.1) is 0 Å². The number of anilines is 1. The molecule has 1 rings (SSSR count). The van der Waals surface area contributed by atoms with Crippen molar-refractivity contribution in [3.63, 3.8) is 0 Å². The molecule has 5 nitrogen and oxygen atoms in total. The van der Waals surface area contributed by atoms with Crippen molar-refractivity contribution in [1.82, 2.24) is 5.32 Å². The minimum Gasteiger partial charge on any atom is -0.480 e. The van der Waals surface area contributed by atoms with E-state index in [1.54, 1.807) is 45.9 Å². The SMILES string of the molecule is Cc1cc(C(=O)NC(C(=O)O)C(C)(C)C)ccc1N. The summed E-state index contributed by atoms with van der Waals surface area (Å²) in [5.74, 6) is -1.46. The van der Waals surface area contributed by atoms with Gasteiger partial charge in [0.15, 0.2) is 0 Å². The third-order valence-corrected chi connectivity index (χ3v) is 2.92. The van der Waals surface area contributed by atoms with Crippen molar-refractivity contribution in [2.75, 3.05) is 5.73 Å². The fraction of sp³-hybridized carbons (Fsp3) is 0.429.